The van der Waals surface area contributed by atoms with E-state index in [1.807, 2.05) is 0 Å². The number of hydrogen-bond acceptors (Lipinski definition) is 3. The number of methoxy groups -OCH3 is 1. The summed E-state index contributed by atoms with van der Waals surface area (Å²) in [6.45, 7) is 0.298. The van der Waals surface area contributed by atoms with Crippen molar-refractivity contribution in [3.8, 4) is 24.2 Å². The van der Waals surface area contributed by atoms with Gasteiger partial charge in [-0.2, -0.15) is 5.26 Å². The Balaban J connectivity index is 3.09. The molecule has 0 aliphatic rings. The van der Waals surface area contributed by atoms with Gasteiger partial charge in [-0.15, -0.1) is 6.42 Å². The summed E-state index contributed by atoms with van der Waals surface area (Å²) in [5.41, 5.74) is 0.615. The Morgan fingerprint density at radius 2 is 2.38 bits per heavy atom. The Hall–Kier alpha value is -1.68. The molecular formula is C12H11ClN2O. The van der Waals surface area contributed by atoms with Crippen molar-refractivity contribution in [2.75, 3.05) is 13.7 Å². The van der Waals surface area contributed by atoms with E-state index >= 15 is 0 Å². The fraction of sp³-hybridized carbons (Fsp3) is 0.250. The lowest BCUT2D eigenvalue weighted by molar-refractivity contribution is 0.406. The van der Waals surface area contributed by atoms with Crippen LogP contribution < -0.4 is 10.1 Å². The van der Waals surface area contributed by atoms with Gasteiger partial charge in [-0.05, 0) is 12.1 Å². The lowest BCUT2D eigenvalue weighted by Crippen LogP contribution is -2.21. The molecule has 4 heteroatoms. The Morgan fingerprint density at radius 3 is 2.94 bits per heavy atom. The van der Waals surface area contributed by atoms with Gasteiger partial charge in [0.25, 0.3) is 0 Å². The molecular weight excluding hydrogens is 224 g/mol. The second-order valence-corrected chi connectivity index (χ2v) is 3.41. The molecule has 1 aromatic rings. The summed E-state index contributed by atoms with van der Waals surface area (Å²) in [5, 5.41) is 12.4. The van der Waals surface area contributed by atoms with E-state index in [-0.39, 0.29) is 0 Å². The highest BCUT2D eigenvalue weighted by Gasteiger charge is 2.17. The van der Waals surface area contributed by atoms with Crippen LogP contribution in [0.2, 0.25) is 5.02 Å². The minimum absolute atomic E-state index is 0.298. The van der Waals surface area contributed by atoms with Crippen molar-refractivity contribution in [2.45, 2.75) is 6.04 Å². The first kappa shape index (κ1) is 12.4. The van der Waals surface area contributed by atoms with Crippen molar-refractivity contribution in [1.29, 1.82) is 5.26 Å². The highest BCUT2D eigenvalue weighted by atomic mass is 35.5. The Kier molecular flexibility index (Phi) is 4.66. The third kappa shape index (κ3) is 2.67. The van der Waals surface area contributed by atoms with Crippen LogP contribution >= 0.6 is 11.6 Å². The third-order valence-corrected chi connectivity index (χ3v) is 2.39. The number of benzene rings is 1. The maximum atomic E-state index is 9.06. The van der Waals surface area contributed by atoms with Crippen LogP contribution in [0, 0.1) is 23.7 Å². The molecule has 0 bridgehead atoms. The summed E-state index contributed by atoms with van der Waals surface area (Å²) in [5.74, 6) is 2.99. The minimum Gasteiger partial charge on any atom is -0.496 e. The van der Waals surface area contributed by atoms with Crippen LogP contribution in [-0.4, -0.2) is 13.7 Å². The van der Waals surface area contributed by atoms with Crippen molar-refractivity contribution < 1.29 is 4.74 Å². The first-order valence-corrected chi connectivity index (χ1v) is 5.01. The summed E-state index contributed by atoms with van der Waals surface area (Å²) in [6, 6.07) is 6.75. The van der Waals surface area contributed by atoms with Gasteiger partial charge in [0, 0.05) is 5.56 Å². The van der Waals surface area contributed by atoms with Crippen LogP contribution in [0.3, 0.4) is 0 Å². The normalized spacial score (nSPS) is 11.2. The molecule has 0 aliphatic heterocycles. The summed E-state index contributed by atoms with van der Waals surface area (Å²) < 4.78 is 5.16. The van der Waals surface area contributed by atoms with Crippen LogP contribution in [-0.2, 0) is 0 Å². The molecule has 82 valence electrons. The average molecular weight is 235 g/mol. The van der Waals surface area contributed by atoms with E-state index in [0.717, 1.165) is 0 Å². The SMILES string of the molecule is C#CCNC(C#N)c1c(Cl)cccc1OC. The number of terminal acetylenes is 1. The van der Waals surface area contributed by atoms with Gasteiger partial charge >= 0.3 is 0 Å². The molecule has 1 unspecified atom stereocenters. The molecule has 0 aromatic heterocycles. The number of halogens is 1. The van der Waals surface area contributed by atoms with Gasteiger partial charge in [0.1, 0.15) is 11.8 Å². The maximum Gasteiger partial charge on any atom is 0.127 e. The fourth-order valence-electron chi connectivity index (χ4n) is 1.35. The first-order valence-electron chi connectivity index (χ1n) is 4.63. The second kappa shape index (κ2) is 6.02. The smallest absolute Gasteiger partial charge is 0.127 e. The van der Waals surface area contributed by atoms with Crippen LogP contribution in [0.25, 0.3) is 0 Å². The predicted octanol–water partition coefficient (Wildman–Crippen LogP) is 2.14. The largest absolute Gasteiger partial charge is 0.496 e. The van der Waals surface area contributed by atoms with E-state index in [1.165, 1.54) is 7.11 Å². The van der Waals surface area contributed by atoms with E-state index in [0.29, 0.717) is 22.9 Å². The van der Waals surface area contributed by atoms with Gasteiger partial charge in [-0.1, -0.05) is 23.6 Å². The van der Waals surface area contributed by atoms with Crippen LogP contribution in [0.5, 0.6) is 5.75 Å². The van der Waals surface area contributed by atoms with Crippen molar-refractivity contribution in [1.82, 2.24) is 5.32 Å². The molecule has 0 aliphatic carbocycles. The molecule has 16 heavy (non-hydrogen) atoms. The molecule has 1 rings (SSSR count). The van der Waals surface area contributed by atoms with E-state index in [9.17, 15) is 0 Å². The Labute approximate surface area is 100.0 Å². The summed E-state index contributed by atoms with van der Waals surface area (Å²) in [4.78, 5) is 0. The van der Waals surface area contributed by atoms with Gasteiger partial charge in [0.2, 0.25) is 0 Å². The third-order valence-electron chi connectivity index (χ3n) is 2.06. The average Bonchev–Trinajstić information content (AvgIpc) is 2.31. The summed E-state index contributed by atoms with van der Waals surface area (Å²) >= 11 is 6.04. The predicted molar refractivity (Wildman–Crippen MR) is 63.2 cm³/mol. The monoisotopic (exact) mass is 234 g/mol. The Morgan fingerprint density at radius 1 is 1.62 bits per heavy atom. The highest BCUT2D eigenvalue weighted by Crippen LogP contribution is 2.31. The number of ether oxygens (including phenoxy) is 1. The molecule has 1 aromatic carbocycles. The lowest BCUT2D eigenvalue weighted by Gasteiger charge is -2.15. The number of nitrogens with one attached hydrogen (secondary N) is 1. The molecule has 0 spiro atoms. The van der Waals surface area contributed by atoms with E-state index in [4.69, 9.17) is 28.0 Å². The molecule has 1 atom stereocenters. The van der Waals surface area contributed by atoms with Gasteiger partial charge in [-0.3, -0.25) is 5.32 Å². The van der Waals surface area contributed by atoms with Crippen LogP contribution in [0.15, 0.2) is 18.2 Å². The zero-order valence-corrected chi connectivity index (χ0v) is 9.58. The van der Waals surface area contributed by atoms with Gasteiger partial charge in [-0.25, -0.2) is 0 Å². The lowest BCUT2D eigenvalue weighted by atomic mass is 10.1. The number of rotatable bonds is 4. The fourth-order valence-corrected chi connectivity index (χ4v) is 1.62. The summed E-state index contributed by atoms with van der Waals surface area (Å²) in [7, 11) is 1.53. The zero-order chi connectivity index (χ0) is 12.0. The van der Waals surface area contributed by atoms with Crippen LogP contribution in [0.4, 0.5) is 0 Å². The topological polar surface area (TPSA) is 45.0 Å². The standard InChI is InChI=1S/C12H11ClN2O/c1-3-7-15-10(8-14)12-9(13)5-4-6-11(12)16-2/h1,4-6,10,15H,7H2,2H3. The molecule has 0 radical (unpaired) electrons. The molecule has 0 heterocycles. The van der Waals surface area contributed by atoms with Crippen LogP contribution in [0.1, 0.15) is 11.6 Å². The van der Waals surface area contributed by atoms with Crippen molar-refractivity contribution in [2.24, 2.45) is 0 Å². The molecule has 1 N–H and O–H groups in total. The van der Waals surface area contributed by atoms with Crippen molar-refractivity contribution >= 4 is 11.6 Å². The van der Waals surface area contributed by atoms with Crippen molar-refractivity contribution in [3.63, 3.8) is 0 Å². The van der Waals surface area contributed by atoms with E-state index < -0.39 is 6.04 Å². The molecule has 0 amide bonds. The number of hydrogen-bond donors (Lipinski definition) is 1. The summed E-state index contributed by atoms with van der Waals surface area (Å²) in [6.07, 6.45) is 5.13. The molecule has 3 nitrogen and oxygen atoms in total. The van der Waals surface area contributed by atoms with E-state index in [1.54, 1.807) is 18.2 Å². The molecule has 0 fully saturated rings. The van der Waals surface area contributed by atoms with Gasteiger partial charge < -0.3 is 4.74 Å². The number of nitriles is 1. The molecule has 0 saturated heterocycles. The van der Waals surface area contributed by atoms with Gasteiger partial charge in [0.15, 0.2) is 0 Å². The first-order chi connectivity index (χ1) is 7.74. The highest BCUT2D eigenvalue weighted by molar-refractivity contribution is 6.31. The maximum absolute atomic E-state index is 9.06. The molecule has 0 saturated carbocycles. The number of nitrogens with zero attached hydrogens (tertiary/aromatic N) is 1. The zero-order valence-electron chi connectivity index (χ0n) is 8.83. The second-order valence-electron chi connectivity index (χ2n) is 3.00. The van der Waals surface area contributed by atoms with E-state index in [2.05, 4.69) is 17.3 Å². The quantitative estimate of drug-likeness (QED) is 0.812. The minimum atomic E-state index is -0.570. The van der Waals surface area contributed by atoms with Crippen molar-refractivity contribution in [3.05, 3.63) is 28.8 Å². The van der Waals surface area contributed by atoms with Gasteiger partial charge in [0.05, 0.1) is 24.7 Å². The Bertz CT molecular complexity index is 445.